The van der Waals surface area contributed by atoms with Crippen molar-refractivity contribution in [2.75, 3.05) is 0 Å². The van der Waals surface area contributed by atoms with Crippen LogP contribution in [0.15, 0.2) is 51.5 Å². The normalized spacial score (nSPS) is 12.2. The Bertz CT molecular complexity index is 880. The van der Waals surface area contributed by atoms with Gasteiger partial charge in [-0.25, -0.2) is 9.78 Å². The molecule has 0 aliphatic heterocycles. The Labute approximate surface area is 163 Å². The summed E-state index contributed by atoms with van der Waals surface area (Å²) < 4.78 is 11.0. The zero-order chi connectivity index (χ0) is 19.9. The molecule has 0 radical (unpaired) electrons. The lowest BCUT2D eigenvalue weighted by molar-refractivity contribution is -0.146. The van der Waals surface area contributed by atoms with Crippen molar-refractivity contribution in [1.29, 1.82) is 0 Å². The van der Waals surface area contributed by atoms with Gasteiger partial charge in [-0.1, -0.05) is 24.3 Å². The molecule has 0 saturated heterocycles. The number of carbonyl (C=O) groups is 1. The van der Waals surface area contributed by atoms with E-state index in [-0.39, 0.29) is 0 Å². The van der Waals surface area contributed by atoms with Crippen molar-refractivity contribution < 1.29 is 23.8 Å². The van der Waals surface area contributed by atoms with Gasteiger partial charge in [0.05, 0.1) is 12.0 Å². The van der Waals surface area contributed by atoms with Crippen LogP contribution in [0.2, 0.25) is 0 Å². The molecule has 3 aromatic rings. The Morgan fingerprint density at radius 3 is 2.43 bits per heavy atom. The second kappa shape index (κ2) is 9.37. The van der Waals surface area contributed by atoms with E-state index in [0.29, 0.717) is 24.5 Å². The summed E-state index contributed by atoms with van der Waals surface area (Å²) in [5, 5.41) is 17.9. The van der Waals surface area contributed by atoms with Crippen LogP contribution in [0, 0.1) is 6.92 Å². The summed E-state index contributed by atoms with van der Waals surface area (Å²) in [6.45, 7) is 1.92. The van der Waals surface area contributed by atoms with Crippen LogP contribution in [-0.4, -0.2) is 27.3 Å². The third-order valence-electron chi connectivity index (χ3n) is 4.78. The smallest absolute Gasteiger partial charge is 0.332 e. The second-order valence-electron chi connectivity index (χ2n) is 6.92. The number of hydrogen-bond donors (Lipinski definition) is 2. The third-order valence-corrected chi connectivity index (χ3v) is 4.78. The van der Waals surface area contributed by atoms with E-state index in [1.54, 1.807) is 6.26 Å². The van der Waals surface area contributed by atoms with Crippen molar-refractivity contribution in [3.8, 4) is 11.7 Å². The van der Waals surface area contributed by atoms with Crippen molar-refractivity contribution in [3.05, 3.63) is 65.2 Å². The molecule has 2 N–H and O–H groups in total. The number of hydrogen-bond acceptors (Lipinski definition) is 5. The van der Waals surface area contributed by atoms with Gasteiger partial charge in [0, 0.05) is 0 Å². The lowest BCUT2D eigenvalue weighted by Crippen LogP contribution is -2.18. The number of aromatic nitrogens is 1. The van der Waals surface area contributed by atoms with Gasteiger partial charge in [0.2, 0.25) is 0 Å². The molecule has 2 heterocycles. The van der Waals surface area contributed by atoms with Gasteiger partial charge in [-0.3, -0.25) is 0 Å². The Kier molecular flexibility index (Phi) is 6.66. The number of carboxylic acids is 1. The molecular formula is C22H25NO5. The molecular weight excluding hydrogens is 358 g/mol. The number of furan rings is 1. The molecule has 6 heteroatoms. The van der Waals surface area contributed by atoms with Crippen LogP contribution in [0.1, 0.15) is 41.8 Å². The first-order chi connectivity index (χ1) is 13.5. The van der Waals surface area contributed by atoms with Crippen molar-refractivity contribution in [2.45, 2.75) is 51.6 Å². The highest BCUT2D eigenvalue weighted by molar-refractivity contribution is 5.71. The molecule has 2 aromatic heterocycles. The van der Waals surface area contributed by atoms with Gasteiger partial charge in [-0.05, 0) is 68.7 Å². The number of rotatable bonds is 10. The topological polar surface area (TPSA) is 96.7 Å². The maximum Gasteiger partial charge on any atom is 0.332 e. The Morgan fingerprint density at radius 2 is 1.79 bits per heavy atom. The first-order valence-electron chi connectivity index (χ1n) is 9.52. The summed E-state index contributed by atoms with van der Waals surface area (Å²) in [4.78, 5) is 15.1. The fraction of sp³-hybridized carbons (Fsp3) is 0.364. The maximum atomic E-state index is 10.6. The molecule has 6 nitrogen and oxygen atoms in total. The predicted molar refractivity (Wildman–Crippen MR) is 104 cm³/mol. The van der Waals surface area contributed by atoms with Crippen molar-refractivity contribution >= 4 is 5.97 Å². The number of oxazole rings is 1. The number of carboxylic acid groups (broad SMARTS) is 1. The van der Waals surface area contributed by atoms with Crippen LogP contribution < -0.4 is 0 Å². The fourth-order valence-electron chi connectivity index (χ4n) is 3.09. The van der Waals surface area contributed by atoms with E-state index in [2.05, 4.69) is 29.2 Å². The Hall–Kier alpha value is -2.86. The minimum atomic E-state index is -1.25. The predicted octanol–water partition coefficient (Wildman–Crippen LogP) is 4.19. The van der Waals surface area contributed by atoms with Crippen LogP contribution in [0.25, 0.3) is 11.7 Å². The largest absolute Gasteiger partial charge is 0.479 e. The summed E-state index contributed by atoms with van der Waals surface area (Å²) in [7, 11) is 0. The first kappa shape index (κ1) is 19.9. The average molecular weight is 383 g/mol. The highest BCUT2D eigenvalue weighted by Gasteiger charge is 2.13. The molecule has 1 aromatic carbocycles. The summed E-state index contributed by atoms with van der Waals surface area (Å²) in [6, 6.07) is 12.1. The third kappa shape index (κ3) is 5.33. The van der Waals surface area contributed by atoms with Gasteiger partial charge in [0.1, 0.15) is 5.76 Å². The SMILES string of the molecule is Cc1oc(-c2ccco2)nc1CCc1ccc(CCCCC(O)C(=O)O)cc1. The van der Waals surface area contributed by atoms with E-state index in [1.165, 1.54) is 11.1 Å². The summed E-state index contributed by atoms with van der Waals surface area (Å²) in [6.07, 6.45) is 4.74. The van der Waals surface area contributed by atoms with Crippen molar-refractivity contribution in [2.24, 2.45) is 0 Å². The molecule has 1 atom stereocenters. The zero-order valence-corrected chi connectivity index (χ0v) is 15.9. The number of nitrogens with zero attached hydrogens (tertiary/aromatic N) is 1. The zero-order valence-electron chi connectivity index (χ0n) is 15.9. The summed E-state index contributed by atoms with van der Waals surface area (Å²) in [5.74, 6) is 0.810. The van der Waals surface area contributed by atoms with E-state index < -0.39 is 12.1 Å². The molecule has 0 aliphatic rings. The van der Waals surface area contributed by atoms with Crippen LogP contribution in [0.4, 0.5) is 0 Å². The van der Waals surface area contributed by atoms with Gasteiger partial charge in [-0.15, -0.1) is 0 Å². The van der Waals surface area contributed by atoms with Crippen LogP contribution in [0.5, 0.6) is 0 Å². The number of aliphatic carboxylic acids is 1. The highest BCUT2D eigenvalue weighted by Crippen LogP contribution is 2.23. The molecule has 0 bridgehead atoms. The minimum absolute atomic E-state index is 0.296. The van der Waals surface area contributed by atoms with E-state index in [1.807, 2.05) is 19.1 Å². The van der Waals surface area contributed by atoms with Crippen LogP contribution >= 0.6 is 0 Å². The van der Waals surface area contributed by atoms with Crippen LogP contribution in [-0.2, 0) is 24.1 Å². The van der Waals surface area contributed by atoms with E-state index >= 15 is 0 Å². The van der Waals surface area contributed by atoms with Crippen molar-refractivity contribution in [3.63, 3.8) is 0 Å². The van der Waals surface area contributed by atoms with Gasteiger partial charge in [0.15, 0.2) is 11.9 Å². The molecule has 0 amide bonds. The molecule has 0 spiro atoms. The lowest BCUT2D eigenvalue weighted by Gasteiger charge is -2.06. The second-order valence-corrected chi connectivity index (χ2v) is 6.92. The number of aliphatic hydroxyl groups excluding tert-OH is 1. The minimum Gasteiger partial charge on any atom is -0.479 e. The number of unbranched alkanes of at least 4 members (excludes halogenated alkanes) is 1. The molecule has 28 heavy (non-hydrogen) atoms. The quantitative estimate of drug-likeness (QED) is 0.510. The van der Waals surface area contributed by atoms with E-state index in [0.717, 1.165) is 37.1 Å². The monoisotopic (exact) mass is 383 g/mol. The van der Waals surface area contributed by atoms with Crippen molar-refractivity contribution in [1.82, 2.24) is 4.98 Å². The Balaban J connectivity index is 1.46. The van der Waals surface area contributed by atoms with Gasteiger partial charge in [-0.2, -0.15) is 0 Å². The summed E-state index contributed by atoms with van der Waals surface area (Å²) >= 11 is 0. The number of aliphatic hydroxyl groups is 1. The Morgan fingerprint density at radius 1 is 1.07 bits per heavy atom. The molecule has 0 fully saturated rings. The standard InChI is InChI=1S/C22H25NO5/c1-15-18(23-21(28-15)20-7-4-14-27-20)13-12-17-10-8-16(9-11-17)5-2-3-6-19(24)22(25)26/h4,7-11,14,19,24H,2-3,5-6,12-13H2,1H3,(H,25,26). The van der Waals surface area contributed by atoms with Gasteiger partial charge in [0.25, 0.3) is 5.89 Å². The molecule has 0 saturated carbocycles. The van der Waals surface area contributed by atoms with E-state index in [4.69, 9.17) is 13.9 Å². The van der Waals surface area contributed by atoms with E-state index in [9.17, 15) is 9.90 Å². The first-order valence-corrected chi connectivity index (χ1v) is 9.52. The lowest BCUT2D eigenvalue weighted by atomic mass is 10.0. The van der Waals surface area contributed by atoms with Crippen LogP contribution in [0.3, 0.4) is 0 Å². The molecule has 0 aliphatic carbocycles. The van der Waals surface area contributed by atoms with Gasteiger partial charge < -0.3 is 19.0 Å². The molecule has 3 rings (SSSR count). The molecule has 1 unspecified atom stereocenters. The highest BCUT2D eigenvalue weighted by atomic mass is 16.4. The van der Waals surface area contributed by atoms with Gasteiger partial charge >= 0.3 is 5.97 Å². The number of benzene rings is 1. The average Bonchev–Trinajstić information content (AvgIpc) is 3.34. The summed E-state index contributed by atoms with van der Waals surface area (Å²) in [5.41, 5.74) is 3.38. The fourth-order valence-corrected chi connectivity index (χ4v) is 3.09. The maximum absolute atomic E-state index is 10.6. The number of aryl methyl sites for hydroxylation is 4. The molecule has 148 valence electrons.